The molecule has 0 aliphatic rings. The summed E-state index contributed by atoms with van der Waals surface area (Å²) in [6.07, 6.45) is 0. The van der Waals surface area contributed by atoms with E-state index in [1.54, 1.807) is 7.11 Å². The molecule has 5 nitrogen and oxygen atoms in total. The Kier molecular flexibility index (Phi) is 6.35. The van der Waals surface area contributed by atoms with E-state index in [1.165, 1.54) is 0 Å². The predicted molar refractivity (Wildman–Crippen MR) is 70.4 cm³/mol. The highest BCUT2D eigenvalue weighted by Crippen LogP contribution is 2.15. The lowest BCUT2D eigenvalue weighted by Crippen LogP contribution is -2.19. The fourth-order valence-electron chi connectivity index (χ4n) is 1.40. The highest BCUT2D eigenvalue weighted by atomic mass is 16.5. The molecule has 0 aromatic heterocycles. The number of carbonyl (C=O) groups excluding carboxylic acids is 1. The number of anilines is 1. The van der Waals surface area contributed by atoms with Crippen LogP contribution in [0.3, 0.4) is 0 Å². The normalized spacial score (nSPS) is 12.2. The maximum Gasteiger partial charge on any atom is 0.250 e. The van der Waals surface area contributed by atoms with Crippen molar-refractivity contribution in [1.82, 2.24) is 0 Å². The number of hydrogen-bond acceptors (Lipinski definition) is 4. The molecule has 100 valence electrons. The molecule has 0 saturated carbocycles. The second-order valence-electron chi connectivity index (χ2n) is 4.01. The van der Waals surface area contributed by atoms with E-state index in [9.17, 15) is 4.79 Å². The Morgan fingerprint density at radius 1 is 1.44 bits per heavy atom. The molecule has 5 heteroatoms. The van der Waals surface area contributed by atoms with E-state index in [-0.39, 0.29) is 18.6 Å². The van der Waals surface area contributed by atoms with E-state index in [1.807, 2.05) is 31.2 Å². The van der Waals surface area contributed by atoms with Gasteiger partial charge in [-0.1, -0.05) is 12.1 Å². The molecule has 0 fully saturated rings. The summed E-state index contributed by atoms with van der Waals surface area (Å²) < 4.78 is 9.94. The number of amides is 1. The van der Waals surface area contributed by atoms with Gasteiger partial charge in [-0.2, -0.15) is 0 Å². The van der Waals surface area contributed by atoms with Crippen LogP contribution in [0.1, 0.15) is 18.5 Å². The van der Waals surface area contributed by atoms with Crippen LogP contribution in [0, 0.1) is 0 Å². The van der Waals surface area contributed by atoms with E-state index in [2.05, 4.69) is 5.32 Å². The molecule has 1 aromatic rings. The van der Waals surface area contributed by atoms with Crippen molar-refractivity contribution in [2.24, 2.45) is 5.73 Å². The molecule has 1 rings (SSSR count). The van der Waals surface area contributed by atoms with E-state index in [0.29, 0.717) is 13.2 Å². The highest BCUT2D eigenvalue weighted by molar-refractivity contribution is 5.91. The Morgan fingerprint density at radius 2 is 2.22 bits per heavy atom. The second kappa shape index (κ2) is 7.81. The maximum absolute atomic E-state index is 11.5. The minimum atomic E-state index is -0.187. The zero-order valence-corrected chi connectivity index (χ0v) is 10.8. The number of benzene rings is 1. The topological polar surface area (TPSA) is 73.6 Å². The lowest BCUT2D eigenvalue weighted by Gasteiger charge is -2.09. The monoisotopic (exact) mass is 252 g/mol. The second-order valence-corrected chi connectivity index (χ2v) is 4.01. The summed E-state index contributed by atoms with van der Waals surface area (Å²) >= 11 is 0. The van der Waals surface area contributed by atoms with Crippen molar-refractivity contribution in [1.29, 1.82) is 0 Å². The summed E-state index contributed by atoms with van der Waals surface area (Å²) in [5, 5.41) is 2.75. The van der Waals surface area contributed by atoms with Crippen LogP contribution >= 0.6 is 0 Å². The van der Waals surface area contributed by atoms with Crippen molar-refractivity contribution in [3.63, 3.8) is 0 Å². The minimum Gasteiger partial charge on any atom is -0.382 e. The highest BCUT2D eigenvalue weighted by Gasteiger charge is 2.04. The molecule has 3 N–H and O–H groups in total. The van der Waals surface area contributed by atoms with Crippen molar-refractivity contribution in [2.45, 2.75) is 13.0 Å². The van der Waals surface area contributed by atoms with Crippen molar-refractivity contribution < 1.29 is 14.3 Å². The fraction of sp³-hybridized carbons (Fsp3) is 0.462. The molecule has 1 unspecified atom stereocenters. The molecule has 0 bridgehead atoms. The molecule has 0 aliphatic carbocycles. The summed E-state index contributed by atoms with van der Waals surface area (Å²) in [5.41, 5.74) is 7.48. The molecule has 1 aromatic carbocycles. The first-order chi connectivity index (χ1) is 8.63. The van der Waals surface area contributed by atoms with Gasteiger partial charge in [-0.15, -0.1) is 0 Å². The van der Waals surface area contributed by atoms with E-state index in [0.717, 1.165) is 11.3 Å². The SMILES string of the molecule is COCCOCC(=O)Nc1cccc(C(C)N)c1. The largest absolute Gasteiger partial charge is 0.382 e. The van der Waals surface area contributed by atoms with Gasteiger partial charge in [0.1, 0.15) is 6.61 Å². The molecule has 0 radical (unpaired) electrons. The van der Waals surface area contributed by atoms with E-state index >= 15 is 0 Å². The van der Waals surface area contributed by atoms with Crippen LogP contribution < -0.4 is 11.1 Å². The summed E-state index contributed by atoms with van der Waals surface area (Å²) in [7, 11) is 1.59. The van der Waals surface area contributed by atoms with Gasteiger partial charge in [-0.05, 0) is 24.6 Å². The summed E-state index contributed by atoms with van der Waals surface area (Å²) in [4.78, 5) is 11.5. The third kappa shape index (κ3) is 5.27. The quantitative estimate of drug-likeness (QED) is 0.717. The third-order valence-corrected chi connectivity index (χ3v) is 2.36. The zero-order chi connectivity index (χ0) is 13.4. The molecule has 1 atom stereocenters. The van der Waals surface area contributed by atoms with Gasteiger partial charge in [0.25, 0.3) is 0 Å². The molecule has 18 heavy (non-hydrogen) atoms. The van der Waals surface area contributed by atoms with Gasteiger partial charge >= 0.3 is 0 Å². The molecule has 0 spiro atoms. The molecule has 0 aliphatic heterocycles. The van der Waals surface area contributed by atoms with Gasteiger partial charge in [0.2, 0.25) is 5.91 Å². The molecular formula is C13H20N2O3. The number of methoxy groups -OCH3 is 1. The molecular weight excluding hydrogens is 232 g/mol. The van der Waals surface area contributed by atoms with Gasteiger partial charge < -0.3 is 20.5 Å². The van der Waals surface area contributed by atoms with Crippen LogP contribution in [-0.4, -0.2) is 32.8 Å². The smallest absolute Gasteiger partial charge is 0.250 e. The fourth-order valence-corrected chi connectivity index (χ4v) is 1.40. The van der Waals surface area contributed by atoms with Gasteiger partial charge in [-0.3, -0.25) is 4.79 Å². The molecule has 0 saturated heterocycles. The van der Waals surface area contributed by atoms with E-state index < -0.39 is 0 Å². The van der Waals surface area contributed by atoms with Crippen molar-refractivity contribution in [3.8, 4) is 0 Å². The Balaban J connectivity index is 2.41. The minimum absolute atomic E-state index is 0.0196. The number of nitrogens with two attached hydrogens (primary N) is 1. The van der Waals surface area contributed by atoms with E-state index in [4.69, 9.17) is 15.2 Å². The van der Waals surface area contributed by atoms with Gasteiger partial charge in [0.05, 0.1) is 13.2 Å². The number of rotatable bonds is 7. The number of carbonyl (C=O) groups is 1. The summed E-state index contributed by atoms with van der Waals surface area (Å²) in [6, 6.07) is 7.41. The first-order valence-corrected chi connectivity index (χ1v) is 5.85. The zero-order valence-electron chi connectivity index (χ0n) is 10.8. The van der Waals surface area contributed by atoms with Gasteiger partial charge in [0, 0.05) is 18.8 Å². The van der Waals surface area contributed by atoms with Crippen molar-refractivity contribution in [3.05, 3.63) is 29.8 Å². The van der Waals surface area contributed by atoms with Crippen LogP contribution in [0.2, 0.25) is 0 Å². The summed E-state index contributed by atoms with van der Waals surface area (Å²) in [5.74, 6) is -0.187. The Hall–Kier alpha value is -1.43. The number of ether oxygens (including phenoxy) is 2. The Bertz CT molecular complexity index is 380. The lowest BCUT2D eigenvalue weighted by atomic mass is 10.1. The molecule has 1 amide bonds. The third-order valence-electron chi connectivity index (χ3n) is 2.36. The lowest BCUT2D eigenvalue weighted by molar-refractivity contribution is -0.121. The van der Waals surface area contributed by atoms with Crippen LogP contribution in [0.5, 0.6) is 0 Å². The van der Waals surface area contributed by atoms with Crippen LogP contribution in [0.15, 0.2) is 24.3 Å². The van der Waals surface area contributed by atoms with Crippen LogP contribution in [-0.2, 0) is 14.3 Å². The van der Waals surface area contributed by atoms with Crippen molar-refractivity contribution >= 4 is 11.6 Å². The number of nitrogens with one attached hydrogen (secondary N) is 1. The average molecular weight is 252 g/mol. The number of hydrogen-bond donors (Lipinski definition) is 2. The first kappa shape index (κ1) is 14.6. The Morgan fingerprint density at radius 3 is 2.89 bits per heavy atom. The maximum atomic E-state index is 11.5. The average Bonchev–Trinajstić information content (AvgIpc) is 2.35. The summed E-state index contributed by atoms with van der Waals surface area (Å²) in [6.45, 7) is 2.80. The standard InChI is InChI=1S/C13H20N2O3/c1-10(14)11-4-3-5-12(8-11)15-13(16)9-18-7-6-17-2/h3-5,8,10H,6-7,9,14H2,1-2H3,(H,15,16). The van der Waals surface area contributed by atoms with Gasteiger partial charge in [-0.25, -0.2) is 0 Å². The van der Waals surface area contributed by atoms with Crippen LogP contribution in [0.4, 0.5) is 5.69 Å². The Labute approximate surface area is 107 Å². The van der Waals surface area contributed by atoms with Crippen LogP contribution in [0.25, 0.3) is 0 Å². The van der Waals surface area contributed by atoms with Crippen molar-refractivity contribution in [2.75, 3.05) is 32.2 Å². The molecule has 0 heterocycles. The van der Waals surface area contributed by atoms with Gasteiger partial charge in [0.15, 0.2) is 0 Å². The predicted octanol–water partition coefficient (Wildman–Crippen LogP) is 1.31. The first-order valence-electron chi connectivity index (χ1n) is 5.85.